The Morgan fingerprint density at radius 2 is 1.52 bits per heavy atom. The van der Waals surface area contributed by atoms with Gasteiger partial charge in [-0.15, -0.1) is 0 Å². The van der Waals surface area contributed by atoms with Gasteiger partial charge in [-0.3, -0.25) is 4.79 Å². The molecule has 0 saturated heterocycles. The van der Waals surface area contributed by atoms with Crippen LogP contribution in [0.5, 0.6) is 0 Å². The third-order valence-electron chi connectivity index (χ3n) is 5.65. The summed E-state index contributed by atoms with van der Waals surface area (Å²) in [5.41, 5.74) is 4.29. The van der Waals surface area contributed by atoms with Crippen molar-refractivity contribution in [2.24, 2.45) is 5.41 Å². The zero-order valence-corrected chi connectivity index (χ0v) is 19.6. The molecule has 0 fully saturated rings. The van der Waals surface area contributed by atoms with Crippen LogP contribution in [-0.2, 0) is 14.3 Å². The van der Waals surface area contributed by atoms with Crippen LogP contribution in [-0.4, -0.2) is 41.8 Å². The summed E-state index contributed by atoms with van der Waals surface area (Å²) in [4.78, 5) is 36.1. The summed E-state index contributed by atoms with van der Waals surface area (Å²) in [5, 5.41) is 14.6. The van der Waals surface area contributed by atoms with E-state index in [0.29, 0.717) is 6.42 Å². The number of benzene rings is 2. The first-order chi connectivity index (χ1) is 15.5. The second kappa shape index (κ2) is 10.1. The molecule has 0 heterocycles. The van der Waals surface area contributed by atoms with Gasteiger partial charge in [0.2, 0.25) is 5.91 Å². The summed E-state index contributed by atoms with van der Waals surface area (Å²) in [6, 6.07) is 14.7. The van der Waals surface area contributed by atoms with Gasteiger partial charge in [-0.2, -0.15) is 0 Å². The van der Waals surface area contributed by atoms with Crippen LogP contribution in [0, 0.1) is 5.41 Å². The number of rotatable bonds is 8. The summed E-state index contributed by atoms with van der Waals surface area (Å²) in [5.74, 6) is -1.55. The molecule has 2 atom stereocenters. The van der Waals surface area contributed by atoms with E-state index in [-0.39, 0.29) is 24.4 Å². The maximum Gasteiger partial charge on any atom is 0.407 e. The molecule has 0 aromatic heterocycles. The second-order valence-corrected chi connectivity index (χ2v) is 9.80. The van der Waals surface area contributed by atoms with Crippen LogP contribution in [0.15, 0.2) is 48.5 Å². The molecule has 2 aromatic rings. The predicted molar refractivity (Wildman–Crippen MR) is 126 cm³/mol. The SMILES string of the molecule is C[C@H](CC(=O)NC(CC(C)(C)C)C(=O)O)NC(=O)OCC1c2ccccc2-c2ccccc21. The van der Waals surface area contributed by atoms with Gasteiger partial charge in [0.25, 0.3) is 0 Å². The number of alkyl carbamates (subject to hydrolysis) is 1. The molecule has 3 rings (SSSR count). The molecule has 176 valence electrons. The van der Waals surface area contributed by atoms with E-state index in [9.17, 15) is 19.5 Å². The minimum Gasteiger partial charge on any atom is -0.480 e. The molecular formula is C26H32N2O5. The summed E-state index contributed by atoms with van der Waals surface area (Å²) < 4.78 is 5.50. The van der Waals surface area contributed by atoms with Gasteiger partial charge in [0.05, 0.1) is 0 Å². The Bertz CT molecular complexity index is 982. The largest absolute Gasteiger partial charge is 0.480 e. The van der Waals surface area contributed by atoms with Crippen LogP contribution in [0.4, 0.5) is 4.79 Å². The Morgan fingerprint density at radius 3 is 2.03 bits per heavy atom. The third-order valence-corrected chi connectivity index (χ3v) is 5.65. The second-order valence-electron chi connectivity index (χ2n) is 9.80. The smallest absolute Gasteiger partial charge is 0.407 e. The molecule has 3 N–H and O–H groups in total. The molecule has 0 saturated carbocycles. The minimum absolute atomic E-state index is 0.0435. The van der Waals surface area contributed by atoms with Gasteiger partial charge in [-0.1, -0.05) is 69.3 Å². The van der Waals surface area contributed by atoms with Crippen molar-refractivity contribution < 1.29 is 24.2 Å². The number of amides is 2. The molecule has 0 aliphatic heterocycles. The topological polar surface area (TPSA) is 105 Å². The maximum absolute atomic E-state index is 12.4. The van der Waals surface area contributed by atoms with Crippen LogP contribution in [0.3, 0.4) is 0 Å². The molecule has 0 spiro atoms. The Labute approximate surface area is 194 Å². The summed E-state index contributed by atoms with van der Waals surface area (Å²) in [6.07, 6.45) is -0.345. The molecule has 7 nitrogen and oxygen atoms in total. The Balaban J connectivity index is 1.52. The summed E-state index contributed by atoms with van der Waals surface area (Å²) >= 11 is 0. The van der Waals surface area contributed by atoms with Crippen molar-refractivity contribution in [3.8, 4) is 11.1 Å². The van der Waals surface area contributed by atoms with Crippen LogP contribution < -0.4 is 10.6 Å². The van der Waals surface area contributed by atoms with Crippen molar-refractivity contribution in [3.63, 3.8) is 0 Å². The fraction of sp³-hybridized carbons (Fsp3) is 0.423. The van der Waals surface area contributed by atoms with E-state index in [4.69, 9.17) is 4.74 Å². The Morgan fingerprint density at radius 1 is 0.970 bits per heavy atom. The number of aliphatic carboxylic acids is 1. The van der Waals surface area contributed by atoms with Gasteiger partial charge >= 0.3 is 12.1 Å². The van der Waals surface area contributed by atoms with Crippen molar-refractivity contribution in [3.05, 3.63) is 59.7 Å². The van der Waals surface area contributed by atoms with Crippen molar-refractivity contribution in [1.29, 1.82) is 0 Å². The van der Waals surface area contributed by atoms with E-state index in [1.165, 1.54) is 0 Å². The molecular weight excluding hydrogens is 420 g/mol. The van der Waals surface area contributed by atoms with Gasteiger partial charge in [-0.25, -0.2) is 9.59 Å². The van der Waals surface area contributed by atoms with E-state index < -0.39 is 30.1 Å². The highest BCUT2D eigenvalue weighted by Gasteiger charge is 2.30. The standard InChI is InChI=1S/C26H32N2O5/c1-16(13-23(29)28-22(24(30)31)14-26(2,3)4)27-25(32)33-15-21-19-11-7-5-9-17(19)18-10-6-8-12-20(18)21/h5-12,16,21-22H,13-15H2,1-4H3,(H,27,32)(H,28,29)(H,30,31)/t16-,22?/m1/s1. The normalized spacial score (nSPS) is 14.5. The van der Waals surface area contributed by atoms with E-state index in [1.807, 2.05) is 57.2 Å². The maximum atomic E-state index is 12.4. The number of hydrogen-bond donors (Lipinski definition) is 3. The highest BCUT2D eigenvalue weighted by Crippen LogP contribution is 2.44. The number of hydrogen-bond acceptors (Lipinski definition) is 4. The fourth-order valence-corrected chi connectivity index (χ4v) is 4.24. The average molecular weight is 453 g/mol. The van der Waals surface area contributed by atoms with Crippen LogP contribution in [0.2, 0.25) is 0 Å². The van der Waals surface area contributed by atoms with Crippen molar-refractivity contribution in [1.82, 2.24) is 10.6 Å². The Hall–Kier alpha value is -3.35. The number of carbonyl (C=O) groups is 3. The van der Waals surface area contributed by atoms with Crippen molar-refractivity contribution >= 4 is 18.0 Å². The number of carbonyl (C=O) groups excluding carboxylic acids is 2. The lowest BCUT2D eigenvalue weighted by atomic mass is 9.88. The summed E-state index contributed by atoms with van der Waals surface area (Å²) in [6.45, 7) is 7.61. The quantitative estimate of drug-likeness (QED) is 0.554. The Kier molecular flexibility index (Phi) is 7.41. The van der Waals surface area contributed by atoms with Crippen molar-refractivity contribution in [2.75, 3.05) is 6.61 Å². The molecule has 33 heavy (non-hydrogen) atoms. The van der Waals surface area contributed by atoms with E-state index in [0.717, 1.165) is 22.3 Å². The fourth-order valence-electron chi connectivity index (χ4n) is 4.24. The zero-order chi connectivity index (χ0) is 24.2. The van der Waals surface area contributed by atoms with Gasteiger partial charge in [0.1, 0.15) is 12.6 Å². The minimum atomic E-state index is -1.07. The lowest BCUT2D eigenvalue weighted by Gasteiger charge is -2.24. The molecule has 0 bridgehead atoms. The number of nitrogens with one attached hydrogen (secondary N) is 2. The summed E-state index contributed by atoms with van der Waals surface area (Å²) in [7, 11) is 0. The zero-order valence-electron chi connectivity index (χ0n) is 19.6. The van der Waals surface area contributed by atoms with E-state index in [1.54, 1.807) is 6.92 Å². The number of ether oxygens (including phenoxy) is 1. The van der Waals surface area contributed by atoms with E-state index >= 15 is 0 Å². The molecule has 1 unspecified atom stereocenters. The number of fused-ring (bicyclic) bond motifs is 3. The van der Waals surface area contributed by atoms with Gasteiger partial charge < -0.3 is 20.5 Å². The number of carboxylic acids is 1. The average Bonchev–Trinajstić information content (AvgIpc) is 3.04. The van der Waals surface area contributed by atoms with Crippen LogP contribution in [0.1, 0.15) is 57.6 Å². The molecule has 2 amide bonds. The van der Waals surface area contributed by atoms with E-state index in [2.05, 4.69) is 22.8 Å². The predicted octanol–water partition coefficient (Wildman–Crippen LogP) is 4.31. The first-order valence-electron chi connectivity index (χ1n) is 11.2. The number of carboxylic acid groups (broad SMARTS) is 1. The lowest BCUT2D eigenvalue weighted by molar-refractivity contribution is -0.142. The highest BCUT2D eigenvalue weighted by molar-refractivity contribution is 5.84. The van der Waals surface area contributed by atoms with Crippen LogP contribution in [0.25, 0.3) is 11.1 Å². The van der Waals surface area contributed by atoms with Gasteiger partial charge in [0, 0.05) is 18.4 Å². The molecule has 7 heteroatoms. The van der Waals surface area contributed by atoms with Crippen LogP contribution >= 0.6 is 0 Å². The third kappa shape index (κ3) is 6.34. The first-order valence-corrected chi connectivity index (χ1v) is 11.2. The monoisotopic (exact) mass is 452 g/mol. The molecule has 1 aliphatic rings. The first kappa shape index (κ1) is 24.3. The molecule has 1 aliphatic carbocycles. The van der Waals surface area contributed by atoms with Gasteiger partial charge in [-0.05, 0) is 41.0 Å². The molecule has 2 aromatic carbocycles. The molecule has 0 radical (unpaired) electrons. The highest BCUT2D eigenvalue weighted by atomic mass is 16.5. The van der Waals surface area contributed by atoms with Crippen molar-refractivity contribution in [2.45, 2.75) is 58.5 Å². The lowest BCUT2D eigenvalue weighted by Crippen LogP contribution is -2.45. The van der Waals surface area contributed by atoms with Gasteiger partial charge in [0.15, 0.2) is 0 Å².